The summed E-state index contributed by atoms with van der Waals surface area (Å²) in [6.07, 6.45) is 1.07. The van der Waals surface area contributed by atoms with E-state index in [1.165, 1.54) is 0 Å². The lowest BCUT2D eigenvalue weighted by Gasteiger charge is -2.37. The Morgan fingerprint density at radius 3 is 2.95 bits per heavy atom. The minimum atomic E-state index is -0.745. The first-order valence-electron chi connectivity index (χ1n) is 6.44. The summed E-state index contributed by atoms with van der Waals surface area (Å²) in [5, 5.41) is 17.9. The quantitative estimate of drug-likeness (QED) is 0.905. The Labute approximate surface area is 113 Å². The van der Waals surface area contributed by atoms with Crippen molar-refractivity contribution >= 4 is 11.7 Å². The highest BCUT2D eigenvalue weighted by atomic mass is 16.4. The molecule has 0 radical (unpaired) electrons. The number of nitrogens with zero attached hydrogens (tertiary/aromatic N) is 2. The number of carbonyl (C=O) groups is 1. The molecule has 0 aromatic heterocycles. The zero-order valence-corrected chi connectivity index (χ0v) is 11.3. The van der Waals surface area contributed by atoms with E-state index in [0.29, 0.717) is 5.56 Å². The number of anilines is 1. The Morgan fingerprint density at radius 1 is 1.58 bits per heavy atom. The zero-order valence-electron chi connectivity index (χ0n) is 11.3. The molecule has 4 heteroatoms. The molecule has 1 aliphatic heterocycles. The normalized spacial score (nSPS) is 21.1. The Balaban J connectivity index is 2.26. The summed E-state index contributed by atoms with van der Waals surface area (Å²) in [6, 6.07) is 9.63. The van der Waals surface area contributed by atoms with E-state index in [-0.39, 0.29) is 17.9 Å². The third-order valence-corrected chi connectivity index (χ3v) is 4.10. The van der Waals surface area contributed by atoms with Crippen LogP contribution >= 0.6 is 0 Å². The van der Waals surface area contributed by atoms with E-state index in [2.05, 4.69) is 24.8 Å². The van der Waals surface area contributed by atoms with Gasteiger partial charge in [-0.05, 0) is 44.4 Å². The number of aliphatic carboxylic acids is 1. The number of carboxylic acid groups (broad SMARTS) is 1. The van der Waals surface area contributed by atoms with Crippen molar-refractivity contribution in [1.82, 2.24) is 0 Å². The van der Waals surface area contributed by atoms with Crippen LogP contribution in [0, 0.1) is 17.2 Å². The molecule has 1 heterocycles. The van der Waals surface area contributed by atoms with E-state index in [0.717, 1.165) is 18.7 Å². The van der Waals surface area contributed by atoms with Gasteiger partial charge in [-0.25, -0.2) is 0 Å². The van der Waals surface area contributed by atoms with Gasteiger partial charge in [0.2, 0.25) is 0 Å². The van der Waals surface area contributed by atoms with Crippen LogP contribution in [0.2, 0.25) is 0 Å². The van der Waals surface area contributed by atoms with Crippen LogP contribution in [-0.4, -0.2) is 23.2 Å². The molecule has 0 bridgehead atoms. The van der Waals surface area contributed by atoms with Crippen molar-refractivity contribution in [1.29, 1.82) is 5.26 Å². The van der Waals surface area contributed by atoms with Crippen molar-refractivity contribution in [2.24, 2.45) is 5.92 Å². The first kappa shape index (κ1) is 13.4. The highest BCUT2D eigenvalue weighted by Gasteiger charge is 2.42. The number of nitriles is 1. The predicted molar refractivity (Wildman–Crippen MR) is 72.9 cm³/mol. The van der Waals surface area contributed by atoms with Crippen molar-refractivity contribution in [3.05, 3.63) is 29.8 Å². The summed E-state index contributed by atoms with van der Waals surface area (Å²) >= 11 is 0. The molecule has 19 heavy (non-hydrogen) atoms. The van der Waals surface area contributed by atoms with Gasteiger partial charge in [0.25, 0.3) is 0 Å². The topological polar surface area (TPSA) is 64.3 Å². The molecule has 1 atom stereocenters. The Bertz CT molecular complexity index is 531. The SMILES string of the molecule is CC1(C)C(CC(=O)O)CCN1c1cccc(C#N)c1. The molecular weight excluding hydrogens is 240 g/mol. The second kappa shape index (κ2) is 4.93. The minimum Gasteiger partial charge on any atom is -0.481 e. The van der Waals surface area contributed by atoms with Crippen LogP contribution in [0.3, 0.4) is 0 Å². The predicted octanol–water partition coefficient (Wildman–Crippen LogP) is 2.64. The number of hydrogen-bond donors (Lipinski definition) is 1. The van der Waals surface area contributed by atoms with E-state index in [1.807, 2.05) is 18.2 Å². The van der Waals surface area contributed by atoms with Crippen LogP contribution < -0.4 is 4.90 Å². The molecule has 1 N–H and O–H groups in total. The summed E-state index contributed by atoms with van der Waals surface area (Å²) in [6.45, 7) is 4.99. The highest BCUT2D eigenvalue weighted by molar-refractivity contribution is 5.68. The minimum absolute atomic E-state index is 0.135. The third kappa shape index (κ3) is 2.55. The Morgan fingerprint density at radius 2 is 2.32 bits per heavy atom. The van der Waals surface area contributed by atoms with Gasteiger partial charge in [-0.3, -0.25) is 4.79 Å². The van der Waals surface area contributed by atoms with Crippen LogP contribution in [0.15, 0.2) is 24.3 Å². The van der Waals surface area contributed by atoms with Crippen molar-refractivity contribution in [2.45, 2.75) is 32.2 Å². The number of carboxylic acids is 1. The zero-order chi connectivity index (χ0) is 14.0. The monoisotopic (exact) mass is 258 g/mol. The van der Waals surface area contributed by atoms with Crippen molar-refractivity contribution in [3.8, 4) is 6.07 Å². The van der Waals surface area contributed by atoms with Gasteiger partial charge >= 0.3 is 5.97 Å². The smallest absolute Gasteiger partial charge is 0.303 e. The molecular formula is C15H18N2O2. The standard InChI is InChI=1S/C15H18N2O2/c1-15(2)12(9-14(18)19)6-7-17(15)13-5-3-4-11(8-13)10-16/h3-5,8,12H,6-7,9H2,1-2H3,(H,18,19). The molecule has 1 aromatic carbocycles. The molecule has 1 aromatic rings. The van der Waals surface area contributed by atoms with Crippen molar-refractivity contribution in [2.75, 3.05) is 11.4 Å². The van der Waals surface area contributed by atoms with Crippen LogP contribution in [0.5, 0.6) is 0 Å². The van der Waals surface area contributed by atoms with E-state index >= 15 is 0 Å². The molecule has 1 saturated heterocycles. The van der Waals surface area contributed by atoms with Crippen LogP contribution in [-0.2, 0) is 4.79 Å². The fourth-order valence-electron chi connectivity index (χ4n) is 2.91. The lowest BCUT2D eigenvalue weighted by atomic mass is 9.85. The van der Waals surface area contributed by atoms with Gasteiger partial charge in [0.1, 0.15) is 0 Å². The second-order valence-electron chi connectivity index (χ2n) is 5.55. The highest BCUT2D eigenvalue weighted by Crippen LogP contribution is 2.40. The van der Waals surface area contributed by atoms with Crippen molar-refractivity contribution in [3.63, 3.8) is 0 Å². The lowest BCUT2D eigenvalue weighted by molar-refractivity contribution is -0.138. The van der Waals surface area contributed by atoms with E-state index in [1.54, 1.807) is 6.07 Å². The van der Waals surface area contributed by atoms with Crippen LogP contribution in [0.4, 0.5) is 5.69 Å². The second-order valence-corrected chi connectivity index (χ2v) is 5.55. The number of hydrogen-bond acceptors (Lipinski definition) is 3. The summed E-state index contributed by atoms with van der Waals surface area (Å²) in [4.78, 5) is 13.1. The molecule has 1 aliphatic rings. The first-order valence-corrected chi connectivity index (χ1v) is 6.44. The molecule has 100 valence electrons. The number of benzene rings is 1. The molecule has 0 aliphatic carbocycles. The average molecular weight is 258 g/mol. The molecule has 2 rings (SSSR count). The summed E-state index contributed by atoms with van der Waals surface area (Å²) in [5.41, 5.74) is 1.43. The van der Waals surface area contributed by atoms with E-state index < -0.39 is 5.97 Å². The average Bonchev–Trinajstić information content (AvgIpc) is 2.64. The van der Waals surface area contributed by atoms with Crippen LogP contribution in [0.25, 0.3) is 0 Å². The molecule has 1 fully saturated rings. The summed E-state index contributed by atoms with van der Waals surface area (Å²) < 4.78 is 0. The molecule has 4 nitrogen and oxygen atoms in total. The molecule has 0 spiro atoms. The van der Waals surface area contributed by atoms with Gasteiger partial charge in [-0.15, -0.1) is 0 Å². The van der Waals surface area contributed by atoms with Gasteiger partial charge in [0, 0.05) is 17.8 Å². The maximum Gasteiger partial charge on any atom is 0.303 e. The van der Waals surface area contributed by atoms with Crippen LogP contribution in [0.1, 0.15) is 32.3 Å². The fourth-order valence-corrected chi connectivity index (χ4v) is 2.91. The van der Waals surface area contributed by atoms with Gasteiger partial charge in [-0.1, -0.05) is 6.07 Å². The molecule has 0 saturated carbocycles. The van der Waals surface area contributed by atoms with Gasteiger partial charge in [0.05, 0.1) is 18.1 Å². The van der Waals surface area contributed by atoms with E-state index in [4.69, 9.17) is 10.4 Å². The van der Waals surface area contributed by atoms with E-state index in [9.17, 15) is 4.79 Å². The molecule has 0 amide bonds. The fraction of sp³-hybridized carbons (Fsp3) is 0.467. The van der Waals surface area contributed by atoms with Gasteiger partial charge in [0.15, 0.2) is 0 Å². The summed E-state index contributed by atoms with van der Waals surface area (Å²) in [7, 11) is 0. The summed E-state index contributed by atoms with van der Waals surface area (Å²) in [5.74, 6) is -0.610. The van der Waals surface area contributed by atoms with Gasteiger partial charge in [-0.2, -0.15) is 5.26 Å². The Hall–Kier alpha value is -2.02. The maximum atomic E-state index is 10.9. The Kier molecular flexibility index (Phi) is 3.48. The maximum absolute atomic E-state index is 10.9. The van der Waals surface area contributed by atoms with Crippen molar-refractivity contribution < 1.29 is 9.90 Å². The van der Waals surface area contributed by atoms with Gasteiger partial charge < -0.3 is 10.0 Å². The lowest BCUT2D eigenvalue weighted by Crippen LogP contribution is -2.43. The number of rotatable bonds is 3. The molecule has 1 unspecified atom stereocenters. The third-order valence-electron chi connectivity index (χ3n) is 4.10. The largest absolute Gasteiger partial charge is 0.481 e. The first-order chi connectivity index (χ1) is 8.95.